The van der Waals surface area contributed by atoms with E-state index in [2.05, 4.69) is 28.6 Å². The van der Waals surface area contributed by atoms with Crippen LogP contribution in [0.1, 0.15) is 0 Å². The van der Waals surface area contributed by atoms with Gasteiger partial charge in [0.05, 0.1) is 4.83 Å². The molecule has 0 saturated carbocycles. The molecule has 0 aliphatic rings. The molecule has 1 unspecified atom stereocenters. The predicted octanol–water partition coefficient (Wildman–Crippen LogP) is 0.0693. The number of hydrogen-bond donors (Lipinski definition) is 1. The van der Waals surface area contributed by atoms with Crippen LogP contribution in [0.4, 0.5) is 0 Å². The Balaban J connectivity index is 3.26. The van der Waals surface area contributed by atoms with Crippen molar-refractivity contribution in [3.05, 3.63) is 6.92 Å². The summed E-state index contributed by atoms with van der Waals surface area (Å²) in [5, 5.41) is 0. The standard InChI is InChI=1S/C3H5BrNO/c1-2(4)3(5)6/h2H,1H2,(H2,5,6). The molecule has 2 N–H and O–H groups in total. The van der Waals surface area contributed by atoms with Gasteiger partial charge in [-0.15, -0.1) is 0 Å². The third-order valence-electron chi connectivity index (χ3n) is 0.309. The van der Waals surface area contributed by atoms with Gasteiger partial charge >= 0.3 is 0 Å². The topological polar surface area (TPSA) is 43.1 Å². The zero-order valence-corrected chi connectivity index (χ0v) is 4.73. The second-order valence-electron chi connectivity index (χ2n) is 0.870. The summed E-state index contributed by atoms with van der Waals surface area (Å²) in [5.41, 5.74) is 4.69. The van der Waals surface area contributed by atoms with Gasteiger partial charge in [-0.25, -0.2) is 0 Å². The Labute approximate surface area is 44.8 Å². The van der Waals surface area contributed by atoms with E-state index in [1.165, 1.54) is 0 Å². The maximum atomic E-state index is 9.81. The number of alkyl halides is 1. The molecule has 0 heterocycles. The van der Waals surface area contributed by atoms with Gasteiger partial charge in [0.15, 0.2) is 0 Å². The van der Waals surface area contributed by atoms with Gasteiger partial charge in [0.1, 0.15) is 0 Å². The van der Waals surface area contributed by atoms with E-state index in [1.54, 1.807) is 0 Å². The summed E-state index contributed by atoms with van der Waals surface area (Å²) in [5.74, 6) is -0.435. The minimum absolute atomic E-state index is 0.435. The molecule has 0 aliphatic carbocycles. The van der Waals surface area contributed by atoms with Crippen LogP contribution in [-0.4, -0.2) is 10.7 Å². The van der Waals surface area contributed by atoms with E-state index in [1.807, 2.05) is 0 Å². The number of nitrogens with two attached hydrogens (primary N) is 1. The van der Waals surface area contributed by atoms with Gasteiger partial charge in [0, 0.05) is 0 Å². The molecule has 0 bridgehead atoms. The van der Waals surface area contributed by atoms with Crippen molar-refractivity contribution in [1.82, 2.24) is 0 Å². The van der Waals surface area contributed by atoms with Crippen molar-refractivity contribution in [3.8, 4) is 0 Å². The van der Waals surface area contributed by atoms with E-state index >= 15 is 0 Å². The second-order valence-corrected chi connectivity index (χ2v) is 1.98. The third-order valence-corrected chi connectivity index (χ3v) is 0.760. The van der Waals surface area contributed by atoms with Gasteiger partial charge in [-0.2, -0.15) is 0 Å². The first kappa shape index (κ1) is 5.95. The summed E-state index contributed by atoms with van der Waals surface area (Å²) in [6, 6.07) is 0. The van der Waals surface area contributed by atoms with Crippen LogP contribution in [0, 0.1) is 6.92 Å². The SMILES string of the molecule is [CH2]C(Br)C(N)=O. The van der Waals surface area contributed by atoms with Crippen LogP contribution in [0.2, 0.25) is 0 Å². The van der Waals surface area contributed by atoms with Gasteiger partial charge < -0.3 is 5.73 Å². The van der Waals surface area contributed by atoms with Crippen LogP contribution < -0.4 is 5.73 Å². The number of hydrogen-bond acceptors (Lipinski definition) is 1. The zero-order valence-electron chi connectivity index (χ0n) is 3.15. The first-order chi connectivity index (χ1) is 2.64. The summed E-state index contributed by atoms with van der Waals surface area (Å²) in [6.45, 7) is 3.28. The molecule has 1 amide bonds. The number of carbonyl (C=O) groups excluding carboxylic acids is 1. The molecule has 0 aliphatic heterocycles. The monoisotopic (exact) mass is 150 g/mol. The number of carbonyl (C=O) groups is 1. The molecule has 0 aromatic carbocycles. The van der Waals surface area contributed by atoms with Crippen LogP contribution in [0.25, 0.3) is 0 Å². The zero-order chi connectivity index (χ0) is 5.15. The van der Waals surface area contributed by atoms with Gasteiger partial charge in [0.2, 0.25) is 5.91 Å². The Morgan fingerprint density at radius 3 is 2.17 bits per heavy atom. The summed E-state index contributed by atoms with van der Waals surface area (Å²) < 4.78 is 0. The fourth-order valence-electron chi connectivity index (χ4n) is 0. The molecule has 0 aromatic rings. The second kappa shape index (κ2) is 2.18. The highest BCUT2D eigenvalue weighted by molar-refractivity contribution is 9.10. The summed E-state index contributed by atoms with van der Waals surface area (Å²) >= 11 is 2.85. The fourth-order valence-corrected chi connectivity index (χ4v) is 0. The molecule has 0 rings (SSSR count). The van der Waals surface area contributed by atoms with Crippen LogP contribution in [-0.2, 0) is 4.79 Å². The lowest BCUT2D eigenvalue weighted by atomic mass is 10.5. The molecule has 35 valence electrons. The molecule has 0 fully saturated rings. The number of halogens is 1. The quantitative estimate of drug-likeness (QED) is 0.529. The van der Waals surface area contributed by atoms with Gasteiger partial charge in [-0.3, -0.25) is 4.79 Å². The van der Waals surface area contributed by atoms with E-state index in [-0.39, 0.29) is 0 Å². The van der Waals surface area contributed by atoms with Crippen molar-refractivity contribution in [2.75, 3.05) is 0 Å². The van der Waals surface area contributed by atoms with Crippen LogP contribution in [0.5, 0.6) is 0 Å². The summed E-state index contributed by atoms with van der Waals surface area (Å²) in [4.78, 5) is 9.37. The number of primary amides is 1. The molecule has 1 radical (unpaired) electrons. The van der Waals surface area contributed by atoms with Crippen molar-refractivity contribution in [1.29, 1.82) is 0 Å². The van der Waals surface area contributed by atoms with E-state index in [9.17, 15) is 4.79 Å². The Morgan fingerprint density at radius 1 is 2.00 bits per heavy atom. The van der Waals surface area contributed by atoms with Crippen molar-refractivity contribution in [3.63, 3.8) is 0 Å². The minimum atomic E-state index is -0.447. The predicted molar refractivity (Wildman–Crippen MR) is 27.3 cm³/mol. The average molecular weight is 151 g/mol. The molecule has 2 nitrogen and oxygen atoms in total. The van der Waals surface area contributed by atoms with Crippen LogP contribution in [0.3, 0.4) is 0 Å². The maximum absolute atomic E-state index is 9.81. The maximum Gasteiger partial charge on any atom is 0.231 e. The Morgan fingerprint density at radius 2 is 2.17 bits per heavy atom. The van der Waals surface area contributed by atoms with Crippen LogP contribution in [0.15, 0.2) is 0 Å². The molecule has 0 saturated heterocycles. The first-order valence-corrected chi connectivity index (χ1v) is 2.32. The van der Waals surface area contributed by atoms with Gasteiger partial charge in [0.25, 0.3) is 0 Å². The highest BCUT2D eigenvalue weighted by atomic mass is 79.9. The molecular formula is C3H5BrNO. The fraction of sp³-hybridized carbons (Fsp3) is 0.333. The Hall–Kier alpha value is -0.0500. The van der Waals surface area contributed by atoms with E-state index in [4.69, 9.17) is 0 Å². The summed E-state index contributed by atoms with van der Waals surface area (Å²) in [6.07, 6.45) is 0. The Kier molecular flexibility index (Phi) is 2.16. The van der Waals surface area contributed by atoms with Crippen LogP contribution >= 0.6 is 15.9 Å². The number of amides is 1. The lowest BCUT2D eigenvalue weighted by Gasteiger charge is -1.88. The van der Waals surface area contributed by atoms with E-state index < -0.39 is 10.7 Å². The number of rotatable bonds is 1. The summed E-state index contributed by atoms with van der Waals surface area (Å²) in [7, 11) is 0. The molecule has 0 spiro atoms. The van der Waals surface area contributed by atoms with Gasteiger partial charge in [-0.1, -0.05) is 15.9 Å². The average Bonchev–Trinajstić information content (AvgIpc) is 1.36. The Bertz CT molecular complexity index is 61.8. The molecule has 0 aromatic heterocycles. The van der Waals surface area contributed by atoms with Crippen molar-refractivity contribution < 1.29 is 4.79 Å². The highest BCUT2D eigenvalue weighted by Gasteiger charge is 1.98. The van der Waals surface area contributed by atoms with Crippen molar-refractivity contribution >= 4 is 21.8 Å². The molecular weight excluding hydrogens is 146 g/mol. The highest BCUT2D eigenvalue weighted by Crippen LogP contribution is 1.91. The first-order valence-electron chi connectivity index (χ1n) is 1.41. The van der Waals surface area contributed by atoms with Gasteiger partial charge in [-0.05, 0) is 6.92 Å². The normalized spacial score (nSPS) is 13.7. The lowest BCUT2D eigenvalue weighted by molar-refractivity contribution is -0.116. The van der Waals surface area contributed by atoms with Crippen molar-refractivity contribution in [2.24, 2.45) is 5.73 Å². The minimum Gasteiger partial charge on any atom is -0.369 e. The lowest BCUT2D eigenvalue weighted by Crippen LogP contribution is -2.19. The van der Waals surface area contributed by atoms with Crippen molar-refractivity contribution in [2.45, 2.75) is 4.83 Å². The molecule has 3 heteroatoms. The van der Waals surface area contributed by atoms with E-state index in [0.717, 1.165) is 0 Å². The smallest absolute Gasteiger partial charge is 0.231 e. The third kappa shape index (κ3) is 2.20. The molecule has 6 heavy (non-hydrogen) atoms. The van der Waals surface area contributed by atoms with E-state index in [0.29, 0.717) is 0 Å². The largest absolute Gasteiger partial charge is 0.369 e. The molecule has 1 atom stereocenters.